The summed E-state index contributed by atoms with van der Waals surface area (Å²) in [6.45, 7) is 2.93. The van der Waals surface area contributed by atoms with E-state index in [1.54, 1.807) is 12.4 Å². The Morgan fingerprint density at radius 1 is 0.872 bits per heavy atom. The fraction of sp³-hybridized carbons (Fsp3) is 0.333. The molecule has 9 nitrogen and oxygen atoms in total. The number of aromatic amines is 1. The first-order valence-electron chi connectivity index (χ1n) is 13.5. The summed E-state index contributed by atoms with van der Waals surface area (Å²) in [7, 11) is 0. The third kappa shape index (κ3) is 5.28. The molecule has 0 aliphatic carbocycles. The van der Waals surface area contributed by atoms with E-state index < -0.39 is 11.1 Å². The maximum absolute atomic E-state index is 13.6. The van der Waals surface area contributed by atoms with E-state index in [1.807, 2.05) is 54.6 Å². The summed E-state index contributed by atoms with van der Waals surface area (Å²) < 4.78 is 5.64. The van der Waals surface area contributed by atoms with Crippen LogP contribution in [0.3, 0.4) is 0 Å². The highest BCUT2D eigenvalue weighted by Gasteiger charge is 2.38. The zero-order valence-corrected chi connectivity index (χ0v) is 21.8. The first-order chi connectivity index (χ1) is 19.2. The average molecular weight is 524 g/mol. The molecule has 200 valence electrons. The molecule has 2 fully saturated rings. The van der Waals surface area contributed by atoms with Gasteiger partial charge in [-0.15, -0.1) is 0 Å². The van der Waals surface area contributed by atoms with Crippen molar-refractivity contribution in [1.82, 2.24) is 30.8 Å². The highest BCUT2D eigenvalue weighted by molar-refractivity contribution is 5.95. The molecule has 39 heavy (non-hydrogen) atoms. The van der Waals surface area contributed by atoms with Gasteiger partial charge < -0.3 is 20.7 Å². The first-order valence-corrected chi connectivity index (χ1v) is 13.5. The SMILES string of the molecule is O=C(NC1(c2ccccc2)CCOCC1)c1cccc(NC2(c3nc(-c4ccncc4)n[nH]3)CCNCC2)c1. The number of carbonyl (C=O) groups excluding carboxylic acids is 1. The van der Waals surface area contributed by atoms with E-state index in [4.69, 9.17) is 9.72 Å². The van der Waals surface area contributed by atoms with Gasteiger partial charge >= 0.3 is 0 Å². The van der Waals surface area contributed by atoms with Crippen LogP contribution in [0, 0.1) is 0 Å². The van der Waals surface area contributed by atoms with Gasteiger partial charge in [-0.25, -0.2) is 4.98 Å². The van der Waals surface area contributed by atoms with Gasteiger partial charge in [0.1, 0.15) is 0 Å². The molecule has 4 aromatic rings. The average Bonchev–Trinajstić information content (AvgIpc) is 3.51. The molecule has 0 radical (unpaired) electrons. The number of piperidine rings is 1. The van der Waals surface area contributed by atoms with E-state index in [1.165, 1.54) is 0 Å². The number of anilines is 1. The molecule has 0 spiro atoms. The normalized spacial score (nSPS) is 18.3. The minimum Gasteiger partial charge on any atom is -0.381 e. The number of ether oxygens (including phenoxy) is 1. The molecule has 9 heteroatoms. The number of hydrogen-bond donors (Lipinski definition) is 4. The predicted octanol–water partition coefficient (Wildman–Crippen LogP) is 3.99. The van der Waals surface area contributed by atoms with Crippen LogP contribution < -0.4 is 16.0 Å². The van der Waals surface area contributed by atoms with E-state index in [-0.39, 0.29) is 5.91 Å². The summed E-state index contributed by atoms with van der Waals surface area (Å²) in [5.41, 5.74) is 2.62. The maximum Gasteiger partial charge on any atom is 0.252 e. The van der Waals surface area contributed by atoms with Crippen LogP contribution >= 0.6 is 0 Å². The zero-order chi connectivity index (χ0) is 26.5. The molecule has 2 aromatic heterocycles. The Morgan fingerprint density at radius 3 is 2.41 bits per heavy atom. The molecule has 1 amide bonds. The van der Waals surface area contributed by atoms with Crippen LogP contribution in [0.2, 0.25) is 0 Å². The lowest BCUT2D eigenvalue weighted by Crippen LogP contribution is -2.49. The van der Waals surface area contributed by atoms with E-state index in [0.29, 0.717) is 24.6 Å². The predicted molar refractivity (Wildman–Crippen MR) is 149 cm³/mol. The molecule has 2 aliphatic heterocycles. The standard InChI is InChI=1S/C30H33N7O2/c38-27(35-29(13-19-39-20-14-29)24-6-2-1-3-7-24)23-5-4-8-25(21-23)34-30(11-17-32-18-12-30)28-33-26(36-37-28)22-9-15-31-16-10-22/h1-10,15-16,21,32,34H,11-14,17-20H2,(H,35,38)(H,33,36,37). The molecular weight excluding hydrogens is 490 g/mol. The minimum absolute atomic E-state index is 0.0941. The maximum atomic E-state index is 13.6. The van der Waals surface area contributed by atoms with Crippen molar-refractivity contribution in [3.8, 4) is 11.4 Å². The minimum atomic E-state index is -0.445. The van der Waals surface area contributed by atoms with Crippen molar-refractivity contribution in [3.63, 3.8) is 0 Å². The van der Waals surface area contributed by atoms with Crippen molar-refractivity contribution >= 4 is 11.6 Å². The molecule has 0 atom stereocenters. The quantitative estimate of drug-likeness (QED) is 0.289. The second kappa shape index (κ2) is 11.0. The van der Waals surface area contributed by atoms with Crippen molar-refractivity contribution in [2.24, 2.45) is 0 Å². The lowest BCUT2D eigenvalue weighted by Gasteiger charge is -2.39. The topological polar surface area (TPSA) is 117 Å². The van der Waals surface area contributed by atoms with Crippen LogP contribution in [0.15, 0.2) is 79.1 Å². The monoisotopic (exact) mass is 523 g/mol. The molecule has 2 aromatic carbocycles. The Hall–Kier alpha value is -4.08. The Bertz CT molecular complexity index is 1400. The van der Waals surface area contributed by atoms with Gasteiger partial charge in [-0.05, 0) is 74.7 Å². The summed E-state index contributed by atoms with van der Waals surface area (Å²) in [4.78, 5) is 22.6. The van der Waals surface area contributed by atoms with Crippen molar-refractivity contribution in [2.45, 2.75) is 36.8 Å². The summed E-state index contributed by atoms with van der Waals surface area (Å²) in [6, 6.07) is 21.7. The molecule has 4 N–H and O–H groups in total. The van der Waals surface area contributed by atoms with Gasteiger partial charge in [-0.2, -0.15) is 5.10 Å². The smallest absolute Gasteiger partial charge is 0.252 e. The zero-order valence-electron chi connectivity index (χ0n) is 21.8. The van der Waals surface area contributed by atoms with Crippen molar-refractivity contribution in [2.75, 3.05) is 31.6 Å². The van der Waals surface area contributed by atoms with E-state index >= 15 is 0 Å². The van der Waals surface area contributed by atoms with Crippen LogP contribution in [0.1, 0.15) is 47.4 Å². The number of carbonyl (C=O) groups is 1. The largest absolute Gasteiger partial charge is 0.381 e. The number of nitrogens with zero attached hydrogens (tertiary/aromatic N) is 3. The molecule has 4 heterocycles. The lowest BCUT2D eigenvalue weighted by molar-refractivity contribution is 0.0345. The third-order valence-electron chi connectivity index (χ3n) is 7.87. The number of hydrogen-bond acceptors (Lipinski definition) is 7. The van der Waals surface area contributed by atoms with Gasteiger partial charge in [0.15, 0.2) is 11.6 Å². The van der Waals surface area contributed by atoms with Gasteiger partial charge in [0.05, 0.1) is 11.1 Å². The summed E-state index contributed by atoms with van der Waals surface area (Å²) in [5, 5.41) is 18.2. The Morgan fingerprint density at radius 2 is 1.64 bits per heavy atom. The first kappa shape index (κ1) is 25.2. The van der Waals surface area contributed by atoms with Crippen molar-refractivity contribution in [3.05, 3.63) is 96.1 Å². The molecule has 2 saturated heterocycles. The molecule has 2 aliphatic rings. The second-order valence-electron chi connectivity index (χ2n) is 10.3. The van der Waals surface area contributed by atoms with Crippen LogP contribution in [0.4, 0.5) is 5.69 Å². The third-order valence-corrected chi connectivity index (χ3v) is 7.87. The van der Waals surface area contributed by atoms with Gasteiger partial charge in [0.2, 0.25) is 0 Å². The Balaban J connectivity index is 1.26. The number of aromatic nitrogens is 4. The van der Waals surface area contributed by atoms with E-state index in [0.717, 1.165) is 61.4 Å². The van der Waals surface area contributed by atoms with E-state index in [2.05, 4.69) is 43.3 Å². The lowest BCUT2D eigenvalue weighted by atomic mass is 9.82. The van der Waals surface area contributed by atoms with Crippen molar-refractivity contribution in [1.29, 1.82) is 0 Å². The van der Waals surface area contributed by atoms with Crippen LogP contribution in [-0.2, 0) is 15.8 Å². The van der Waals surface area contributed by atoms with E-state index in [9.17, 15) is 4.79 Å². The number of benzene rings is 2. The van der Waals surface area contributed by atoms with Crippen LogP contribution in [0.5, 0.6) is 0 Å². The summed E-state index contributed by atoms with van der Waals surface area (Å²) in [6.07, 6.45) is 6.60. The molecule has 0 saturated carbocycles. The van der Waals surface area contributed by atoms with Gasteiger partial charge in [0, 0.05) is 42.4 Å². The Kier molecular flexibility index (Phi) is 7.08. The second-order valence-corrected chi connectivity index (χ2v) is 10.3. The molecule has 0 unspecified atom stereocenters. The highest BCUT2D eigenvalue weighted by atomic mass is 16.5. The van der Waals surface area contributed by atoms with Crippen LogP contribution in [0.25, 0.3) is 11.4 Å². The van der Waals surface area contributed by atoms with Gasteiger partial charge in [-0.1, -0.05) is 36.4 Å². The van der Waals surface area contributed by atoms with Crippen LogP contribution in [-0.4, -0.2) is 52.4 Å². The Labute approximate surface area is 227 Å². The van der Waals surface area contributed by atoms with Gasteiger partial charge in [0.25, 0.3) is 5.91 Å². The molecule has 6 rings (SSSR count). The number of H-pyrrole nitrogens is 1. The highest BCUT2D eigenvalue weighted by Crippen LogP contribution is 2.35. The van der Waals surface area contributed by atoms with Crippen molar-refractivity contribution < 1.29 is 9.53 Å². The van der Waals surface area contributed by atoms with Gasteiger partial charge in [-0.3, -0.25) is 14.9 Å². The summed E-state index contributed by atoms with van der Waals surface area (Å²) >= 11 is 0. The fourth-order valence-corrected chi connectivity index (χ4v) is 5.65. The number of pyridine rings is 1. The molecular formula is C30H33N7O2. The number of nitrogens with one attached hydrogen (secondary N) is 4. The fourth-order valence-electron chi connectivity index (χ4n) is 5.65. The number of amides is 1. The number of rotatable bonds is 7. The molecule has 0 bridgehead atoms. The summed E-state index contributed by atoms with van der Waals surface area (Å²) in [5.74, 6) is 1.34.